The minimum absolute atomic E-state index is 0.0639. The molecule has 0 aliphatic carbocycles. The third-order valence-corrected chi connectivity index (χ3v) is 3.42. The summed E-state index contributed by atoms with van der Waals surface area (Å²) in [6, 6.07) is 8.61. The molecule has 1 N–H and O–H groups in total. The van der Waals surface area contributed by atoms with E-state index in [4.69, 9.17) is 9.47 Å². The molecule has 3 heteroatoms. The van der Waals surface area contributed by atoms with Crippen molar-refractivity contribution in [3.8, 4) is 5.75 Å². The van der Waals surface area contributed by atoms with Crippen LogP contribution in [0.4, 0.5) is 0 Å². The molecule has 0 saturated carbocycles. The van der Waals surface area contributed by atoms with Gasteiger partial charge in [0, 0.05) is 13.2 Å². The van der Waals surface area contributed by atoms with E-state index in [-0.39, 0.29) is 5.60 Å². The lowest BCUT2D eigenvalue weighted by molar-refractivity contribution is 0.0154. The number of benzene rings is 1. The van der Waals surface area contributed by atoms with E-state index in [9.17, 15) is 0 Å². The zero-order valence-electron chi connectivity index (χ0n) is 12.8. The van der Waals surface area contributed by atoms with Crippen molar-refractivity contribution < 1.29 is 9.47 Å². The van der Waals surface area contributed by atoms with Gasteiger partial charge in [0.15, 0.2) is 0 Å². The minimum atomic E-state index is -0.0639. The average molecular weight is 265 g/mol. The van der Waals surface area contributed by atoms with Gasteiger partial charge in [-0.05, 0) is 58.4 Å². The molecule has 0 spiro atoms. The van der Waals surface area contributed by atoms with Crippen molar-refractivity contribution in [2.75, 3.05) is 20.3 Å². The van der Waals surface area contributed by atoms with Gasteiger partial charge < -0.3 is 14.8 Å². The summed E-state index contributed by atoms with van der Waals surface area (Å²) >= 11 is 0. The number of ether oxygens (including phenoxy) is 2. The van der Waals surface area contributed by atoms with Gasteiger partial charge in [0.1, 0.15) is 5.75 Å². The molecule has 0 bridgehead atoms. The highest BCUT2D eigenvalue weighted by molar-refractivity contribution is 5.28. The van der Waals surface area contributed by atoms with Gasteiger partial charge in [0.25, 0.3) is 0 Å². The van der Waals surface area contributed by atoms with Crippen molar-refractivity contribution in [3.63, 3.8) is 0 Å². The van der Waals surface area contributed by atoms with Crippen LogP contribution in [0.1, 0.15) is 45.7 Å². The van der Waals surface area contributed by atoms with Crippen molar-refractivity contribution in [2.45, 2.75) is 45.8 Å². The van der Waals surface area contributed by atoms with Crippen molar-refractivity contribution in [3.05, 3.63) is 29.8 Å². The van der Waals surface area contributed by atoms with E-state index in [1.807, 2.05) is 19.1 Å². The molecule has 0 aliphatic rings. The summed E-state index contributed by atoms with van der Waals surface area (Å²) in [5, 5.41) is 3.52. The molecule has 0 heterocycles. The van der Waals surface area contributed by atoms with Gasteiger partial charge in [-0.1, -0.05) is 12.1 Å². The highest BCUT2D eigenvalue weighted by atomic mass is 16.5. The molecule has 0 radical (unpaired) electrons. The van der Waals surface area contributed by atoms with Crippen LogP contribution in [0.3, 0.4) is 0 Å². The Morgan fingerprint density at radius 3 is 2.37 bits per heavy atom. The Morgan fingerprint density at radius 2 is 1.84 bits per heavy atom. The highest BCUT2D eigenvalue weighted by Crippen LogP contribution is 2.18. The third kappa shape index (κ3) is 5.62. The van der Waals surface area contributed by atoms with Crippen LogP contribution in [0, 0.1) is 0 Å². The number of hydrogen-bond acceptors (Lipinski definition) is 3. The Bertz CT molecular complexity index is 360. The van der Waals surface area contributed by atoms with Crippen molar-refractivity contribution in [1.82, 2.24) is 5.32 Å². The fraction of sp³-hybridized carbons (Fsp3) is 0.625. The number of nitrogens with one attached hydrogen (secondary N) is 1. The van der Waals surface area contributed by atoms with Crippen LogP contribution in [0.15, 0.2) is 24.3 Å². The first-order valence-corrected chi connectivity index (χ1v) is 7.00. The molecule has 1 unspecified atom stereocenters. The van der Waals surface area contributed by atoms with Crippen molar-refractivity contribution in [1.29, 1.82) is 0 Å². The second-order valence-electron chi connectivity index (χ2n) is 5.39. The van der Waals surface area contributed by atoms with Crippen LogP contribution in [-0.2, 0) is 4.74 Å². The molecule has 0 saturated heterocycles. The lowest BCUT2D eigenvalue weighted by Crippen LogP contribution is -2.30. The molecule has 19 heavy (non-hydrogen) atoms. The topological polar surface area (TPSA) is 30.5 Å². The Kier molecular flexibility index (Phi) is 6.32. The fourth-order valence-electron chi connectivity index (χ4n) is 1.83. The molecular weight excluding hydrogens is 238 g/mol. The van der Waals surface area contributed by atoms with E-state index in [1.54, 1.807) is 7.11 Å². The van der Waals surface area contributed by atoms with E-state index in [0.717, 1.165) is 18.7 Å². The van der Waals surface area contributed by atoms with Crippen LogP contribution in [0.5, 0.6) is 5.75 Å². The molecule has 0 aliphatic heterocycles. The quantitative estimate of drug-likeness (QED) is 0.779. The maximum atomic E-state index is 5.44. The molecule has 1 aromatic rings. The van der Waals surface area contributed by atoms with E-state index in [1.165, 1.54) is 5.56 Å². The second kappa shape index (κ2) is 7.51. The van der Waals surface area contributed by atoms with Crippen LogP contribution in [0.2, 0.25) is 0 Å². The first-order valence-electron chi connectivity index (χ1n) is 7.00. The Hall–Kier alpha value is -1.06. The van der Waals surface area contributed by atoms with E-state index in [2.05, 4.69) is 38.2 Å². The largest absolute Gasteiger partial charge is 0.494 e. The van der Waals surface area contributed by atoms with E-state index in [0.29, 0.717) is 12.6 Å². The first-order chi connectivity index (χ1) is 8.98. The molecule has 1 aromatic carbocycles. The fourth-order valence-corrected chi connectivity index (χ4v) is 1.83. The van der Waals surface area contributed by atoms with Gasteiger partial charge in [0.05, 0.1) is 12.2 Å². The first kappa shape index (κ1) is 16.0. The monoisotopic (exact) mass is 265 g/mol. The van der Waals surface area contributed by atoms with Crippen LogP contribution < -0.4 is 10.1 Å². The van der Waals surface area contributed by atoms with E-state index < -0.39 is 0 Å². The molecule has 1 atom stereocenters. The normalized spacial score (nSPS) is 13.3. The lowest BCUT2D eigenvalue weighted by atomic mass is 10.0. The van der Waals surface area contributed by atoms with Gasteiger partial charge in [0.2, 0.25) is 0 Å². The van der Waals surface area contributed by atoms with E-state index >= 15 is 0 Å². The molecule has 0 fully saturated rings. The highest BCUT2D eigenvalue weighted by Gasteiger charge is 2.16. The predicted octanol–water partition coefficient (Wildman–Crippen LogP) is 3.55. The number of methoxy groups -OCH3 is 1. The summed E-state index contributed by atoms with van der Waals surface area (Å²) in [4.78, 5) is 0. The third-order valence-electron chi connectivity index (χ3n) is 3.42. The SMILES string of the molecule is CCOc1ccc(C(C)NCCC(C)(C)OC)cc1. The molecule has 0 amide bonds. The average Bonchev–Trinajstić information content (AvgIpc) is 2.39. The van der Waals surface area contributed by atoms with Gasteiger partial charge in [-0.25, -0.2) is 0 Å². The summed E-state index contributed by atoms with van der Waals surface area (Å²) in [7, 11) is 1.76. The zero-order valence-corrected chi connectivity index (χ0v) is 12.8. The molecule has 3 nitrogen and oxygen atoms in total. The summed E-state index contributed by atoms with van der Waals surface area (Å²) in [5.74, 6) is 0.930. The minimum Gasteiger partial charge on any atom is -0.494 e. The van der Waals surface area contributed by atoms with Gasteiger partial charge in [-0.15, -0.1) is 0 Å². The van der Waals surface area contributed by atoms with Crippen LogP contribution in [0.25, 0.3) is 0 Å². The van der Waals surface area contributed by atoms with Crippen LogP contribution in [-0.4, -0.2) is 25.9 Å². The number of rotatable bonds is 8. The standard InChI is InChI=1S/C16H27NO2/c1-6-19-15-9-7-14(8-10-15)13(2)17-12-11-16(3,4)18-5/h7-10,13,17H,6,11-12H2,1-5H3. The summed E-state index contributed by atoms with van der Waals surface area (Å²) < 4.78 is 10.9. The summed E-state index contributed by atoms with van der Waals surface area (Å²) in [6.07, 6.45) is 0.991. The Labute approximate surface area is 117 Å². The van der Waals surface area contributed by atoms with Gasteiger partial charge >= 0.3 is 0 Å². The van der Waals surface area contributed by atoms with Crippen molar-refractivity contribution >= 4 is 0 Å². The van der Waals surface area contributed by atoms with Gasteiger partial charge in [-0.2, -0.15) is 0 Å². The van der Waals surface area contributed by atoms with Crippen LogP contribution >= 0.6 is 0 Å². The summed E-state index contributed by atoms with van der Waals surface area (Å²) in [5.41, 5.74) is 1.21. The maximum Gasteiger partial charge on any atom is 0.119 e. The lowest BCUT2D eigenvalue weighted by Gasteiger charge is -2.24. The maximum absolute atomic E-state index is 5.44. The predicted molar refractivity (Wildman–Crippen MR) is 79.7 cm³/mol. The zero-order chi connectivity index (χ0) is 14.3. The molecule has 0 aromatic heterocycles. The molecule has 108 valence electrons. The molecule has 1 rings (SSSR count). The van der Waals surface area contributed by atoms with Gasteiger partial charge in [-0.3, -0.25) is 0 Å². The van der Waals surface area contributed by atoms with Crippen molar-refractivity contribution in [2.24, 2.45) is 0 Å². The second-order valence-corrected chi connectivity index (χ2v) is 5.39. The Morgan fingerprint density at radius 1 is 1.21 bits per heavy atom. The Balaban J connectivity index is 2.43. The molecular formula is C16H27NO2. The smallest absolute Gasteiger partial charge is 0.119 e. The summed E-state index contributed by atoms with van der Waals surface area (Å²) in [6.45, 7) is 10.0. The number of hydrogen-bond donors (Lipinski definition) is 1.